The van der Waals surface area contributed by atoms with Crippen LogP contribution in [0.2, 0.25) is 0 Å². The van der Waals surface area contributed by atoms with Crippen LogP contribution in [0, 0.1) is 13.8 Å². The van der Waals surface area contributed by atoms with E-state index in [0.717, 1.165) is 11.1 Å². The van der Waals surface area contributed by atoms with Gasteiger partial charge in [0.1, 0.15) is 11.3 Å². The van der Waals surface area contributed by atoms with Crippen LogP contribution in [0.5, 0.6) is 0 Å². The smallest absolute Gasteiger partial charge is 0.337 e. The lowest BCUT2D eigenvalue weighted by molar-refractivity contribution is 0.0698. The minimum Gasteiger partial charge on any atom is -0.609 e. The standard InChI is InChI=1S/C22H23NO5S/c1-4-29(27)22-14(3)19(24)17-12-13(2)11-15(20(17)28-22)9-10-23-18-8-6-5-7-16(18)21(25)26/h5-8,11-12,23H,4,9-10H2,1-3H3,(H,25,26)/t29-/m0/s1. The Morgan fingerprint density at radius 2 is 1.97 bits per heavy atom. The van der Waals surface area contributed by atoms with Gasteiger partial charge in [-0.15, -0.1) is 0 Å². The molecule has 152 valence electrons. The predicted molar refractivity (Wildman–Crippen MR) is 115 cm³/mol. The fraction of sp³-hybridized carbons (Fsp3) is 0.273. The molecule has 1 aromatic heterocycles. The van der Waals surface area contributed by atoms with Crippen LogP contribution in [-0.4, -0.2) is 27.9 Å². The van der Waals surface area contributed by atoms with E-state index < -0.39 is 17.1 Å². The maximum absolute atomic E-state index is 12.8. The van der Waals surface area contributed by atoms with Gasteiger partial charge in [-0.3, -0.25) is 4.79 Å². The number of fused-ring (bicyclic) bond motifs is 1. The van der Waals surface area contributed by atoms with Crippen LogP contribution in [0.4, 0.5) is 5.69 Å². The van der Waals surface area contributed by atoms with Crippen LogP contribution in [-0.2, 0) is 17.6 Å². The molecule has 0 radical (unpaired) electrons. The monoisotopic (exact) mass is 413 g/mol. The highest BCUT2D eigenvalue weighted by Gasteiger charge is 2.22. The Morgan fingerprint density at radius 3 is 2.66 bits per heavy atom. The van der Waals surface area contributed by atoms with E-state index in [1.54, 1.807) is 44.2 Å². The fourth-order valence-electron chi connectivity index (χ4n) is 3.29. The van der Waals surface area contributed by atoms with Crippen molar-refractivity contribution in [3.8, 4) is 0 Å². The van der Waals surface area contributed by atoms with Gasteiger partial charge in [-0.1, -0.05) is 18.2 Å². The fourth-order valence-corrected chi connectivity index (χ4v) is 4.16. The molecule has 3 rings (SSSR count). The number of carbonyl (C=O) groups is 1. The first kappa shape index (κ1) is 21.0. The molecule has 1 heterocycles. The van der Waals surface area contributed by atoms with E-state index >= 15 is 0 Å². The molecule has 0 saturated carbocycles. The first-order valence-electron chi connectivity index (χ1n) is 9.35. The molecule has 0 saturated heterocycles. The van der Waals surface area contributed by atoms with Crippen LogP contribution in [0.3, 0.4) is 0 Å². The molecule has 3 aromatic rings. The highest BCUT2D eigenvalue weighted by molar-refractivity contribution is 7.91. The van der Waals surface area contributed by atoms with Gasteiger partial charge < -0.3 is 19.4 Å². The summed E-state index contributed by atoms with van der Waals surface area (Å²) in [7, 11) is 0. The van der Waals surface area contributed by atoms with Gasteiger partial charge >= 0.3 is 11.1 Å². The van der Waals surface area contributed by atoms with Gasteiger partial charge in [0.05, 0.1) is 16.5 Å². The second-order valence-corrected chi connectivity index (χ2v) is 8.45. The molecule has 0 spiro atoms. The quantitative estimate of drug-likeness (QED) is 0.570. The van der Waals surface area contributed by atoms with Gasteiger partial charge in [-0.2, -0.15) is 0 Å². The van der Waals surface area contributed by atoms with E-state index in [9.17, 15) is 19.2 Å². The van der Waals surface area contributed by atoms with E-state index in [2.05, 4.69) is 5.32 Å². The number of carboxylic acid groups (broad SMARTS) is 1. The van der Waals surface area contributed by atoms with Crippen molar-refractivity contribution in [2.45, 2.75) is 32.3 Å². The zero-order valence-corrected chi connectivity index (χ0v) is 17.4. The zero-order valence-electron chi connectivity index (χ0n) is 16.6. The van der Waals surface area contributed by atoms with Crippen LogP contribution in [0.25, 0.3) is 11.0 Å². The van der Waals surface area contributed by atoms with Crippen molar-refractivity contribution < 1.29 is 18.9 Å². The predicted octanol–water partition coefficient (Wildman–Crippen LogP) is 3.89. The molecule has 7 heteroatoms. The maximum Gasteiger partial charge on any atom is 0.337 e. The lowest BCUT2D eigenvalue weighted by Crippen LogP contribution is -2.16. The first-order chi connectivity index (χ1) is 13.8. The third-order valence-corrected chi connectivity index (χ3v) is 6.06. The minimum atomic E-state index is -1.37. The second kappa shape index (κ2) is 8.71. The first-order valence-corrected chi connectivity index (χ1v) is 10.7. The molecular formula is C22H23NO5S. The van der Waals surface area contributed by atoms with Crippen molar-refractivity contribution in [3.63, 3.8) is 0 Å². The normalized spacial score (nSPS) is 12.1. The number of carboxylic acids is 1. The average molecular weight is 413 g/mol. The Kier molecular flexibility index (Phi) is 6.30. The summed E-state index contributed by atoms with van der Waals surface area (Å²) in [5, 5.41) is 13.1. The van der Waals surface area contributed by atoms with Crippen LogP contribution < -0.4 is 10.7 Å². The van der Waals surface area contributed by atoms with Crippen molar-refractivity contribution in [2.24, 2.45) is 0 Å². The Labute approximate surface area is 171 Å². The summed E-state index contributed by atoms with van der Waals surface area (Å²) in [6.45, 7) is 5.77. The lowest BCUT2D eigenvalue weighted by Gasteiger charge is -2.13. The van der Waals surface area contributed by atoms with Gasteiger partial charge in [-0.05, 0) is 56.5 Å². The molecule has 0 amide bonds. The molecular weight excluding hydrogens is 390 g/mol. The molecule has 0 unspecified atom stereocenters. The second-order valence-electron chi connectivity index (χ2n) is 6.81. The van der Waals surface area contributed by atoms with Crippen LogP contribution >= 0.6 is 0 Å². The minimum absolute atomic E-state index is 0.169. The molecule has 0 fully saturated rings. The summed E-state index contributed by atoms with van der Waals surface area (Å²) in [4.78, 5) is 24.2. The highest BCUT2D eigenvalue weighted by Crippen LogP contribution is 2.25. The van der Waals surface area contributed by atoms with Crippen molar-refractivity contribution in [3.05, 3.63) is 68.9 Å². The molecule has 6 nitrogen and oxygen atoms in total. The molecule has 0 bridgehead atoms. The Balaban J connectivity index is 1.96. The number of aromatic carboxylic acids is 1. The molecule has 0 aliphatic rings. The molecule has 2 N–H and O–H groups in total. The Morgan fingerprint density at radius 1 is 1.24 bits per heavy atom. The summed E-state index contributed by atoms with van der Waals surface area (Å²) in [6, 6.07) is 10.4. The van der Waals surface area contributed by atoms with Crippen molar-refractivity contribution in [1.82, 2.24) is 0 Å². The number of nitrogens with one attached hydrogen (secondary N) is 1. The van der Waals surface area contributed by atoms with Crippen LogP contribution in [0.15, 0.2) is 50.7 Å². The van der Waals surface area contributed by atoms with Crippen molar-refractivity contribution >= 4 is 33.8 Å². The van der Waals surface area contributed by atoms with E-state index in [1.165, 1.54) is 0 Å². The molecule has 0 aliphatic carbocycles. The van der Waals surface area contributed by atoms with Crippen molar-refractivity contribution in [1.29, 1.82) is 0 Å². The number of para-hydroxylation sites is 1. The van der Waals surface area contributed by atoms with E-state index in [-0.39, 0.29) is 16.1 Å². The largest absolute Gasteiger partial charge is 0.609 e. The summed E-state index contributed by atoms with van der Waals surface area (Å²) >= 11 is -1.37. The average Bonchev–Trinajstić information content (AvgIpc) is 2.70. The Bertz CT molecular complexity index is 1120. The van der Waals surface area contributed by atoms with Gasteiger partial charge in [0, 0.05) is 23.4 Å². The number of rotatable bonds is 7. The summed E-state index contributed by atoms with van der Waals surface area (Å²) < 4.78 is 18.3. The van der Waals surface area contributed by atoms with E-state index in [4.69, 9.17) is 4.42 Å². The van der Waals surface area contributed by atoms with E-state index in [0.29, 0.717) is 40.9 Å². The van der Waals surface area contributed by atoms with Gasteiger partial charge in [-0.25, -0.2) is 4.79 Å². The van der Waals surface area contributed by atoms with Gasteiger partial charge in [0.2, 0.25) is 5.43 Å². The van der Waals surface area contributed by atoms with E-state index in [1.807, 2.05) is 13.0 Å². The zero-order chi connectivity index (χ0) is 21.1. The number of hydrogen-bond donors (Lipinski definition) is 2. The lowest BCUT2D eigenvalue weighted by atomic mass is 10.0. The molecule has 29 heavy (non-hydrogen) atoms. The van der Waals surface area contributed by atoms with Gasteiger partial charge in [0.15, 0.2) is 0 Å². The highest BCUT2D eigenvalue weighted by atomic mass is 32.2. The summed E-state index contributed by atoms with van der Waals surface area (Å²) in [5.41, 5.74) is 3.11. The topological polar surface area (TPSA) is 103 Å². The Hall–Kier alpha value is -2.77. The maximum atomic E-state index is 12.8. The van der Waals surface area contributed by atoms with Crippen LogP contribution in [0.1, 0.15) is 34.0 Å². The molecule has 2 aromatic carbocycles. The molecule has 1 atom stereocenters. The number of anilines is 1. The number of hydrogen-bond acceptors (Lipinski definition) is 5. The third-order valence-electron chi connectivity index (χ3n) is 4.73. The number of benzene rings is 2. The number of aryl methyl sites for hydroxylation is 1. The molecule has 0 aliphatic heterocycles. The van der Waals surface area contributed by atoms with Gasteiger partial charge in [0.25, 0.3) is 0 Å². The van der Waals surface area contributed by atoms with Crippen molar-refractivity contribution in [2.75, 3.05) is 17.6 Å². The SMILES string of the molecule is CC[S@+]([O-])c1oc2c(CCNc3ccccc3C(=O)O)cc(C)cc2c(=O)c1C. The summed E-state index contributed by atoms with van der Waals surface area (Å²) in [6.07, 6.45) is 0.510. The third kappa shape index (κ3) is 4.31. The summed E-state index contributed by atoms with van der Waals surface area (Å²) in [5.74, 6) is -0.633.